The third-order valence-electron chi connectivity index (χ3n) is 3.16. The highest BCUT2D eigenvalue weighted by Gasteiger charge is 2.28. The second kappa shape index (κ2) is 6.89. The molecule has 0 aromatic heterocycles. The summed E-state index contributed by atoms with van der Waals surface area (Å²) < 4.78 is 4.77. The van der Waals surface area contributed by atoms with Crippen LogP contribution in [-0.2, 0) is 14.3 Å². The van der Waals surface area contributed by atoms with Crippen LogP contribution >= 0.6 is 0 Å². The van der Waals surface area contributed by atoms with Crippen LogP contribution in [0.25, 0.3) is 0 Å². The van der Waals surface area contributed by atoms with Crippen LogP contribution in [0.2, 0.25) is 0 Å². The molecular weight excluding hydrogens is 254 g/mol. The molecule has 4 nitrogen and oxygen atoms in total. The zero-order valence-corrected chi connectivity index (χ0v) is 12.6. The minimum atomic E-state index is -0.677. The van der Waals surface area contributed by atoms with Gasteiger partial charge in [-0.1, -0.05) is 24.3 Å². The molecule has 0 aliphatic rings. The number of esters is 1. The molecule has 0 saturated carbocycles. The fourth-order valence-corrected chi connectivity index (χ4v) is 2.18. The number of aryl methyl sites for hydroxylation is 2. The Balaban J connectivity index is 3.38. The van der Waals surface area contributed by atoms with E-state index in [9.17, 15) is 9.59 Å². The van der Waals surface area contributed by atoms with Gasteiger partial charge < -0.3 is 4.74 Å². The van der Waals surface area contributed by atoms with E-state index in [1.807, 2.05) is 32.0 Å². The van der Waals surface area contributed by atoms with Gasteiger partial charge in [-0.15, -0.1) is 0 Å². The number of anilines is 1. The summed E-state index contributed by atoms with van der Waals surface area (Å²) in [6, 6.07) is 5.09. The Morgan fingerprint density at radius 2 is 1.80 bits per heavy atom. The minimum Gasteiger partial charge on any atom is -0.467 e. The molecule has 1 aromatic carbocycles. The van der Waals surface area contributed by atoms with Crippen LogP contribution in [0.3, 0.4) is 0 Å². The van der Waals surface area contributed by atoms with Gasteiger partial charge in [0, 0.05) is 0 Å². The maximum atomic E-state index is 12.3. The van der Waals surface area contributed by atoms with Crippen LogP contribution in [0.4, 0.5) is 5.69 Å². The minimum absolute atomic E-state index is 0.234. The molecule has 108 valence electrons. The Hall–Kier alpha value is -2.10. The number of allylic oxidation sites excluding steroid dienone is 1. The van der Waals surface area contributed by atoms with Gasteiger partial charge in [0.1, 0.15) is 6.04 Å². The molecule has 1 atom stereocenters. The second-order valence-corrected chi connectivity index (χ2v) is 4.65. The molecule has 1 rings (SSSR count). The number of carbonyl (C=O) groups is 2. The maximum Gasteiger partial charge on any atom is 0.328 e. The van der Waals surface area contributed by atoms with Crippen molar-refractivity contribution in [3.63, 3.8) is 0 Å². The predicted molar refractivity (Wildman–Crippen MR) is 79.7 cm³/mol. The molecule has 0 saturated heterocycles. The van der Waals surface area contributed by atoms with Crippen molar-refractivity contribution in [1.82, 2.24) is 0 Å². The fraction of sp³-hybridized carbons (Fsp3) is 0.375. The largest absolute Gasteiger partial charge is 0.467 e. The van der Waals surface area contributed by atoms with Gasteiger partial charge in [-0.3, -0.25) is 9.69 Å². The summed E-state index contributed by atoms with van der Waals surface area (Å²) in [5.41, 5.74) is 2.64. The molecule has 0 bridgehead atoms. The summed E-state index contributed by atoms with van der Waals surface area (Å²) in [6.45, 7) is 7.27. The first-order valence-electron chi connectivity index (χ1n) is 6.54. The maximum absolute atomic E-state index is 12.3. The Kier molecular flexibility index (Phi) is 5.50. The molecule has 0 N–H and O–H groups in total. The van der Waals surface area contributed by atoms with Crippen LogP contribution in [0.5, 0.6) is 0 Å². The second-order valence-electron chi connectivity index (χ2n) is 4.65. The molecule has 0 aliphatic carbocycles. The van der Waals surface area contributed by atoms with Crippen molar-refractivity contribution in [2.75, 3.05) is 12.0 Å². The highest BCUT2D eigenvalue weighted by Crippen LogP contribution is 2.27. The topological polar surface area (TPSA) is 46.6 Å². The third kappa shape index (κ3) is 3.26. The molecule has 0 aliphatic heterocycles. The van der Waals surface area contributed by atoms with Crippen LogP contribution < -0.4 is 4.90 Å². The lowest BCUT2D eigenvalue weighted by Crippen LogP contribution is -2.44. The Morgan fingerprint density at radius 1 is 1.25 bits per heavy atom. The van der Waals surface area contributed by atoms with Crippen LogP contribution in [0, 0.1) is 13.8 Å². The monoisotopic (exact) mass is 275 g/mol. The van der Waals surface area contributed by atoms with E-state index in [0.717, 1.165) is 16.8 Å². The van der Waals surface area contributed by atoms with Gasteiger partial charge in [0.05, 0.1) is 12.8 Å². The summed E-state index contributed by atoms with van der Waals surface area (Å²) >= 11 is 0. The summed E-state index contributed by atoms with van der Waals surface area (Å²) in [7, 11) is 1.32. The van der Waals surface area contributed by atoms with Crippen molar-refractivity contribution in [3.05, 3.63) is 41.5 Å². The van der Waals surface area contributed by atoms with E-state index in [-0.39, 0.29) is 5.91 Å². The lowest BCUT2D eigenvalue weighted by atomic mass is 10.1. The molecule has 1 aromatic rings. The summed E-state index contributed by atoms with van der Waals surface area (Å²) in [4.78, 5) is 25.6. The molecule has 0 spiro atoms. The Labute approximate surface area is 120 Å². The summed E-state index contributed by atoms with van der Waals surface area (Å²) in [5.74, 6) is -0.673. The molecule has 0 fully saturated rings. The predicted octanol–water partition coefficient (Wildman–Crippen LogP) is 2.77. The van der Waals surface area contributed by atoms with Gasteiger partial charge in [-0.05, 0) is 44.9 Å². The molecule has 0 radical (unpaired) electrons. The van der Waals surface area contributed by atoms with Gasteiger partial charge in [0.15, 0.2) is 0 Å². The zero-order valence-electron chi connectivity index (χ0n) is 12.6. The average Bonchev–Trinajstić information content (AvgIpc) is 2.41. The first-order valence-corrected chi connectivity index (χ1v) is 6.54. The van der Waals surface area contributed by atoms with Crippen molar-refractivity contribution < 1.29 is 14.3 Å². The van der Waals surface area contributed by atoms with Crippen molar-refractivity contribution in [3.8, 4) is 0 Å². The first kappa shape index (κ1) is 16.0. The lowest BCUT2D eigenvalue weighted by molar-refractivity contribution is -0.142. The summed E-state index contributed by atoms with van der Waals surface area (Å²) in [5, 5.41) is 0. The number of para-hydroxylation sites is 1. The van der Waals surface area contributed by atoms with Gasteiger partial charge in [-0.2, -0.15) is 0 Å². The van der Waals surface area contributed by atoms with Crippen molar-refractivity contribution >= 4 is 17.6 Å². The fourth-order valence-electron chi connectivity index (χ4n) is 2.18. The quantitative estimate of drug-likeness (QED) is 0.627. The van der Waals surface area contributed by atoms with Gasteiger partial charge in [0.2, 0.25) is 0 Å². The number of methoxy groups -OCH3 is 1. The van der Waals surface area contributed by atoms with Gasteiger partial charge in [0.25, 0.3) is 5.91 Å². The number of benzene rings is 1. The zero-order chi connectivity index (χ0) is 15.3. The Bertz CT molecular complexity index is 514. The number of amides is 1. The number of rotatable bonds is 4. The van der Waals surface area contributed by atoms with E-state index in [1.165, 1.54) is 18.1 Å². The third-order valence-corrected chi connectivity index (χ3v) is 3.16. The molecule has 20 heavy (non-hydrogen) atoms. The van der Waals surface area contributed by atoms with E-state index in [4.69, 9.17) is 4.74 Å². The summed E-state index contributed by atoms with van der Waals surface area (Å²) in [6.07, 6.45) is 3.11. The van der Waals surface area contributed by atoms with E-state index >= 15 is 0 Å². The molecule has 0 heterocycles. The van der Waals surface area contributed by atoms with Crippen molar-refractivity contribution in [1.29, 1.82) is 0 Å². The highest BCUT2D eigenvalue weighted by atomic mass is 16.5. The number of carbonyl (C=O) groups excluding carboxylic acids is 2. The highest BCUT2D eigenvalue weighted by molar-refractivity contribution is 6.06. The van der Waals surface area contributed by atoms with Gasteiger partial charge >= 0.3 is 5.97 Å². The number of hydrogen-bond acceptors (Lipinski definition) is 3. The molecule has 4 heteroatoms. The van der Waals surface area contributed by atoms with E-state index < -0.39 is 12.0 Å². The molecular formula is C16H21NO3. The average molecular weight is 275 g/mol. The normalized spacial score (nSPS) is 12.2. The van der Waals surface area contributed by atoms with E-state index in [2.05, 4.69) is 0 Å². The standard InChI is InChI=1S/C16H21NO3/c1-6-8-14(18)17(13(4)16(19)20-5)15-11(2)9-7-10-12(15)3/h6-10,13H,1-5H3/b8-6+/t13-/m0/s1. The van der Waals surface area contributed by atoms with Crippen LogP contribution in [0.1, 0.15) is 25.0 Å². The molecule has 1 amide bonds. The van der Waals surface area contributed by atoms with Crippen molar-refractivity contribution in [2.24, 2.45) is 0 Å². The first-order chi connectivity index (χ1) is 9.43. The number of hydrogen-bond donors (Lipinski definition) is 0. The Morgan fingerprint density at radius 3 is 2.25 bits per heavy atom. The number of nitrogens with zero attached hydrogens (tertiary/aromatic N) is 1. The SMILES string of the molecule is C/C=C/C(=O)N(c1c(C)cccc1C)[C@@H](C)C(=O)OC. The number of ether oxygens (including phenoxy) is 1. The van der Waals surface area contributed by atoms with Crippen LogP contribution in [0.15, 0.2) is 30.4 Å². The van der Waals surface area contributed by atoms with E-state index in [1.54, 1.807) is 19.9 Å². The van der Waals surface area contributed by atoms with Crippen molar-refractivity contribution in [2.45, 2.75) is 33.7 Å². The van der Waals surface area contributed by atoms with E-state index in [0.29, 0.717) is 0 Å². The lowest BCUT2D eigenvalue weighted by Gasteiger charge is -2.29. The molecule has 0 unspecified atom stereocenters. The van der Waals surface area contributed by atoms with Crippen LogP contribution in [-0.4, -0.2) is 25.0 Å². The van der Waals surface area contributed by atoms with Gasteiger partial charge in [-0.25, -0.2) is 4.79 Å². The smallest absolute Gasteiger partial charge is 0.328 e.